The van der Waals surface area contributed by atoms with Crippen LogP contribution in [0, 0.1) is 29.6 Å². The quantitative estimate of drug-likeness (QED) is 0.343. The predicted octanol–water partition coefficient (Wildman–Crippen LogP) is 2.67. The Morgan fingerprint density at radius 3 is 2.12 bits per heavy atom. The lowest BCUT2D eigenvalue weighted by Gasteiger charge is -2.52. The Hall–Kier alpha value is -1.99. The minimum Gasteiger partial charge on any atom is -0.457 e. The molecule has 0 radical (unpaired) electrons. The monoisotopic (exact) mass is 839 g/mol. The molecule has 19 atom stereocenters. The Morgan fingerprint density at radius 2 is 1.51 bits per heavy atom. The van der Waals surface area contributed by atoms with Gasteiger partial charge in [-0.25, -0.2) is 4.79 Å². The number of alkyl carbamates (subject to hydrolysis) is 1. The van der Waals surface area contributed by atoms with Crippen LogP contribution in [0.25, 0.3) is 0 Å². The molecule has 338 valence electrons. The number of carbonyl (C=O) groups is 3. The fourth-order valence-corrected chi connectivity index (χ4v) is 11.2. The van der Waals surface area contributed by atoms with E-state index in [-0.39, 0.29) is 42.7 Å². The van der Waals surface area contributed by atoms with Crippen LogP contribution in [0.1, 0.15) is 81.6 Å². The van der Waals surface area contributed by atoms with Gasteiger partial charge in [0.05, 0.1) is 53.6 Å². The second kappa shape index (κ2) is 17.6. The second-order valence-electron chi connectivity index (χ2n) is 19.5. The SMILES string of the molecule is CO[C@]1(C)C[C@H](O[C@H]2[C@H](C)[C@@H](O[C@@H]3O[C@H](C)C[C@@H](N4CCN(C)CC4)[C@@H]3N(C)C)[C@@](C)(OC)C[C@@H](C)C(=O)[C@H](C)[C@H]3NC(=O)O[C@@]34C(C)[C@H]4OC(=O)[C@@H]2C)O[C@@H](C)[C@@H]1O. The number of aliphatic hydroxyl groups is 1. The number of amides is 1. The lowest BCUT2D eigenvalue weighted by Crippen LogP contribution is -2.65. The third-order valence-corrected chi connectivity index (χ3v) is 15.1. The van der Waals surface area contributed by atoms with Gasteiger partial charge < -0.3 is 58.1 Å². The summed E-state index contributed by atoms with van der Waals surface area (Å²) in [6.07, 6.45) is -5.14. The summed E-state index contributed by atoms with van der Waals surface area (Å²) in [5.41, 5.74) is -3.31. The molecule has 5 saturated heterocycles. The third-order valence-electron chi connectivity index (χ3n) is 15.1. The van der Waals surface area contributed by atoms with Crippen molar-refractivity contribution < 1.29 is 57.4 Å². The molecule has 1 aliphatic carbocycles. The van der Waals surface area contributed by atoms with E-state index >= 15 is 0 Å². The minimum atomic E-state index is -1.18. The lowest BCUT2D eigenvalue weighted by molar-refractivity contribution is -0.314. The Labute approximate surface area is 351 Å². The number of methoxy groups -OCH3 is 2. The molecule has 5 aliphatic heterocycles. The number of hydrogen-bond donors (Lipinski definition) is 2. The normalized spacial score (nSPS) is 49.3. The molecular weight excluding hydrogens is 764 g/mol. The predicted molar refractivity (Wildman–Crippen MR) is 216 cm³/mol. The number of piperazine rings is 1. The van der Waals surface area contributed by atoms with E-state index in [0.717, 1.165) is 32.6 Å². The average Bonchev–Trinajstić information content (AvgIpc) is 3.53. The van der Waals surface area contributed by atoms with E-state index in [1.54, 1.807) is 35.0 Å². The maximum Gasteiger partial charge on any atom is 0.408 e. The molecule has 2 N–H and O–H groups in total. The van der Waals surface area contributed by atoms with Crippen molar-refractivity contribution in [2.45, 2.75) is 166 Å². The number of aliphatic hydroxyl groups excluding tert-OH is 1. The molecule has 0 bridgehead atoms. The molecule has 0 aromatic rings. The fourth-order valence-electron chi connectivity index (χ4n) is 11.2. The van der Waals surface area contributed by atoms with Gasteiger partial charge in [0.2, 0.25) is 0 Å². The number of ether oxygens (including phenoxy) is 8. The van der Waals surface area contributed by atoms with Crippen molar-refractivity contribution in [3.05, 3.63) is 0 Å². The lowest BCUT2D eigenvalue weighted by atomic mass is 9.75. The maximum atomic E-state index is 14.5. The molecule has 6 aliphatic rings. The summed E-state index contributed by atoms with van der Waals surface area (Å²) in [4.78, 5) is 49.0. The zero-order valence-corrected chi connectivity index (χ0v) is 38.0. The number of carbonyl (C=O) groups excluding carboxylic acids is 3. The van der Waals surface area contributed by atoms with Crippen LogP contribution in [0.5, 0.6) is 0 Å². The molecule has 1 amide bonds. The van der Waals surface area contributed by atoms with Gasteiger partial charge in [0.1, 0.15) is 11.9 Å². The number of nitrogens with zero attached hydrogens (tertiary/aromatic N) is 3. The molecule has 6 rings (SSSR count). The van der Waals surface area contributed by atoms with Gasteiger partial charge in [0.15, 0.2) is 24.3 Å². The summed E-state index contributed by atoms with van der Waals surface area (Å²) in [5.74, 6) is -3.68. The number of rotatable bonds is 8. The highest BCUT2D eigenvalue weighted by atomic mass is 16.7. The van der Waals surface area contributed by atoms with Crippen LogP contribution in [0.2, 0.25) is 0 Å². The highest BCUT2D eigenvalue weighted by Crippen LogP contribution is 2.56. The van der Waals surface area contributed by atoms with Gasteiger partial charge >= 0.3 is 12.1 Å². The van der Waals surface area contributed by atoms with Crippen LogP contribution in [0.3, 0.4) is 0 Å². The molecule has 16 nitrogen and oxygen atoms in total. The minimum absolute atomic E-state index is 0.0805. The van der Waals surface area contributed by atoms with Crippen LogP contribution in [-0.2, 0) is 47.5 Å². The number of esters is 1. The molecule has 0 aromatic carbocycles. The zero-order valence-electron chi connectivity index (χ0n) is 38.0. The summed E-state index contributed by atoms with van der Waals surface area (Å²) < 4.78 is 51.9. The summed E-state index contributed by atoms with van der Waals surface area (Å²) >= 11 is 0. The maximum absolute atomic E-state index is 14.5. The Morgan fingerprint density at radius 1 is 0.864 bits per heavy atom. The number of Topliss-reactive ketones (excluding diaryl/α,β-unsaturated/α-hetero) is 1. The van der Waals surface area contributed by atoms with Crippen LogP contribution < -0.4 is 5.32 Å². The van der Waals surface area contributed by atoms with Crippen LogP contribution >= 0.6 is 0 Å². The number of ketones is 1. The number of likely N-dealkylation sites (N-methyl/N-ethyl adjacent to an activating group) is 2. The molecular formula is C43H74N4O12. The standard InChI is InChI=1S/C43H74N4O12/c1-22-20-42(9,53-14)36(58-39-31(45(10)11)29(19-23(2)54-39)47-17-15-46(12)16-18-47)25(4)33(56-30-21-41(8,52-13)35(49)28(7)55-30)26(5)38(50)57-37-27(6)43(37)34(24(3)32(22)48)44-40(51)59-43/h22-31,33-37,39,49H,15-21H2,1-14H3,(H,44,51)/t22-,23-,24+,25+,26-,27?,28+,29-,30+,31+,33+,34-,35+,36-,37-,39+,41-,42+,43+/m1/s1. The average molecular weight is 839 g/mol. The van der Waals surface area contributed by atoms with Crippen molar-refractivity contribution >= 4 is 17.8 Å². The second-order valence-corrected chi connectivity index (χ2v) is 19.5. The van der Waals surface area contributed by atoms with E-state index in [1.165, 1.54) is 0 Å². The molecule has 59 heavy (non-hydrogen) atoms. The van der Waals surface area contributed by atoms with Gasteiger partial charge in [0, 0.05) is 76.5 Å². The zero-order chi connectivity index (χ0) is 43.5. The van der Waals surface area contributed by atoms with Crippen molar-refractivity contribution in [2.75, 3.05) is 61.5 Å². The van der Waals surface area contributed by atoms with Gasteiger partial charge in [0.25, 0.3) is 0 Å². The van der Waals surface area contributed by atoms with Crippen molar-refractivity contribution in [3.63, 3.8) is 0 Å². The van der Waals surface area contributed by atoms with Crippen LogP contribution in [0.15, 0.2) is 0 Å². The highest BCUT2D eigenvalue weighted by molar-refractivity contribution is 5.86. The Kier molecular flexibility index (Phi) is 13.9. The van der Waals surface area contributed by atoms with Crippen LogP contribution in [0.4, 0.5) is 4.79 Å². The van der Waals surface area contributed by atoms with Crippen molar-refractivity contribution in [1.29, 1.82) is 0 Å². The van der Waals surface area contributed by atoms with Crippen molar-refractivity contribution in [1.82, 2.24) is 20.0 Å². The first-order chi connectivity index (χ1) is 27.6. The molecule has 1 saturated carbocycles. The largest absolute Gasteiger partial charge is 0.457 e. The topological polar surface area (TPSA) is 167 Å². The molecule has 16 heteroatoms. The molecule has 1 spiro atoms. The van der Waals surface area contributed by atoms with Gasteiger partial charge in [-0.2, -0.15) is 0 Å². The van der Waals surface area contributed by atoms with Gasteiger partial charge in [-0.15, -0.1) is 0 Å². The molecule has 6 fully saturated rings. The smallest absolute Gasteiger partial charge is 0.408 e. The van der Waals surface area contributed by atoms with Gasteiger partial charge in [-0.3, -0.25) is 14.5 Å². The highest BCUT2D eigenvalue weighted by Gasteiger charge is 2.77. The van der Waals surface area contributed by atoms with Crippen molar-refractivity contribution in [3.8, 4) is 0 Å². The first-order valence-corrected chi connectivity index (χ1v) is 21.8. The van der Waals surface area contributed by atoms with Gasteiger partial charge in [-0.05, 0) is 68.6 Å². The van der Waals surface area contributed by atoms with E-state index in [0.29, 0.717) is 0 Å². The molecule has 0 aromatic heterocycles. The molecule has 1 unspecified atom stereocenters. The van der Waals surface area contributed by atoms with Gasteiger partial charge in [-0.1, -0.05) is 27.7 Å². The summed E-state index contributed by atoms with van der Waals surface area (Å²) in [6.45, 7) is 20.7. The first-order valence-electron chi connectivity index (χ1n) is 21.8. The van der Waals surface area contributed by atoms with Crippen LogP contribution in [-0.4, -0.2) is 183 Å². The summed E-state index contributed by atoms with van der Waals surface area (Å²) in [6, 6.07) is -0.737. The number of hydrogen-bond acceptors (Lipinski definition) is 15. The van der Waals surface area contributed by atoms with E-state index in [2.05, 4.69) is 48.1 Å². The summed E-state index contributed by atoms with van der Waals surface area (Å²) in [7, 11) is 9.42. The summed E-state index contributed by atoms with van der Waals surface area (Å²) in [5, 5.41) is 14.0. The molecule has 5 heterocycles. The Bertz CT molecular complexity index is 1520. The Balaban J connectivity index is 1.43. The number of nitrogens with one attached hydrogen (secondary N) is 1. The third kappa shape index (κ3) is 8.70. The van der Waals surface area contributed by atoms with E-state index in [1.807, 2.05) is 34.6 Å². The fraction of sp³-hybridized carbons (Fsp3) is 0.930. The van der Waals surface area contributed by atoms with E-state index < -0.39 is 102 Å². The van der Waals surface area contributed by atoms with E-state index in [9.17, 15) is 19.5 Å². The first kappa shape index (κ1) is 46.5. The van der Waals surface area contributed by atoms with E-state index in [4.69, 9.17) is 37.9 Å². The van der Waals surface area contributed by atoms with Crippen molar-refractivity contribution in [2.24, 2.45) is 29.6 Å².